The Balaban J connectivity index is 0.991. The van der Waals surface area contributed by atoms with Gasteiger partial charge in [0, 0.05) is 16.8 Å². The van der Waals surface area contributed by atoms with E-state index in [1.165, 1.54) is 77.9 Å². The molecule has 0 N–H and O–H groups in total. The van der Waals surface area contributed by atoms with Gasteiger partial charge in [-0.25, -0.2) is 0 Å². The zero-order valence-electron chi connectivity index (χ0n) is 37.7. The molecule has 11 aromatic carbocycles. The summed E-state index contributed by atoms with van der Waals surface area (Å²) in [7, 11) is 0. The van der Waals surface area contributed by atoms with Crippen LogP contribution in [0.25, 0.3) is 88.7 Å². The van der Waals surface area contributed by atoms with Crippen molar-refractivity contribution >= 4 is 39.0 Å². The van der Waals surface area contributed by atoms with E-state index in [0.717, 1.165) is 50.1 Å². The van der Waals surface area contributed by atoms with Gasteiger partial charge in [0.25, 0.3) is 0 Å². The van der Waals surface area contributed by atoms with Crippen LogP contribution in [0.4, 0.5) is 17.1 Å². The number of anilines is 3. The Morgan fingerprint density at radius 1 is 0.290 bits per heavy atom. The lowest BCUT2D eigenvalue weighted by atomic mass is 9.66. The van der Waals surface area contributed by atoms with E-state index in [9.17, 15) is 0 Å². The second kappa shape index (κ2) is 15.6. The van der Waals surface area contributed by atoms with Crippen LogP contribution < -0.4 is 4.90 Å². The molecule has 0 amide bonds. The molecule has 0 atom stereocenters. The van der Waals surface area contributed by atoms with Crippen molar-refractivity contribution in [1.29, 1.82) is 0 Å². The van der Waals surface area contributed by atoms with Gasteiger partial charge in [-0.2, -0.15) is 0 Å². The van der Waals surface area contributed by atoms with Crippen LogP contribution in [0.3, 0.4) is 0 Å². The Bertz CT molecular complexity index is 3890. The summed E-state index contributed by atoms with van der Waals surface area (Å²) in [5.74, 6) is 0. The summed E-state index contributed by atoms with van der Waals surface area (Å²) < 4.78 is 6.81. The molecule has 2 aliphatic carbocycles. The Hall–Kier alpha value is -8.98. The molecular formula is C67H43NO. The van der Waals surface area contributed by atoms with E-state index in [-0.39, 0.29) is 0 Å². The second-order valence-corrected chi connectivity index (χ2v) is 18.3. The average molecular weight is 878 g/mol. The molecule has 0 bridgehead atoms. The highest BCUT2D eigenvalue weighted by Gasteiger charge is 2.50. The third kappa shape index (κ3) is 5.92. The molecule has 1 heterocycles. The number of hydrogen-bond donors (Lipinski definition) is 0. The predicted molar refractivity (Wildman–Crippen MR) is 286 cm³/mol. The standard InChI is InChI=1S/C67H43NO/c1-3-18-44(19-4-1)46-36-39-49(40-37-46)68(50-23-15-22-47(42-50)45-20-5-2-6-21-45)62-34-17-35-64-66(62)57-43-48(38-41-63(57)69-64)51-29-16-33-61-65(51)56-28-11-14-32-60(56)67(61)58-30-12-9-26-54(58)52-24-7-8-25-53(52)55-27-10-13-31-59(55)67/h1-43H. The molecule has 0 saturated heterocycles. The van der Waals surface area contributed by atoms with E-state index in [4.69, 9.17) is 4.42 Å². The first-order valence-corrected chi connectivity index (χ1v) is 23.8. The quantitative estimate of drug-likeness (QED) is 0.165. The third-order valence-electron chi connectivity index (χ3n) is 14.7. The topological polar surface area (TPSA) is 16.4 Å². The fourth-order valence-electron chi connectivity index (χ4n) is 11.8. The summed E-state index contributed by atoms with van der Waals surface area (Å²) in [6, 6.07) is 95.6. The number of fused-ring (bicyclic) bond motifs is 15. The van der Waals surface area contributed by atoms with Gasteiger partial charge >= 0.3 is 0 Å². The minimum atomic E-state index is -0.557. The zero-order valence-corrected chi connectivity index (χ0v) is 37.7. The molecule has 0 radical (unpaired) electrons. The van der Waals surface area contributed by atoms with Crippen molar-refractivity contribution < 1.29 is 4.42 Å². The van der Waals surface area contributed by atoms with Crippen LogP contribution in [-0.4, -0.2) is 0 Å². The smallest absolute Gasteiger partial charge is 0.137 e. The van der Waals surface area contributed by atoms with Gasteiger partial charge in [-0.3, -0.25) is 0 Å². The summed E-state index contributed by atoms with van der Waals surface area (Å²) in [4.78, 5) is 2.39. The molecule has 69 heavy (non-hydrogen) atoms. The van der Waals surface area contributed by atoms with Crippen molar-refractivity contribution in [3.8, 4) is 66.8 Å². The Morgan fingerprint density at radius 2 is 0.783 bits per heavy atom. The number of benzene rings is 11. The normalized spacial score (nSPS) is 12.8. The highest BCUT2D eigenvalue weighted by atomic mass is 16.3. The van der Waals surface area contributed by atoms with Crippen LogP contribution in [0.5, 0.6) is 0 Å². The number of hydrogen-bond acceptors (Lipinski definition) is 2. The molecule has 0 fully saturated rings. The third-order valence-corrected chi connectivity index (χ3v) is 14.7. The average Bonchev–Trinajstić information content (AvgIpc) is 3.92. The molecule has 0 aliphatic heterocycles. The monoisotopic (exact) mass is 877 g/mol. The van der Waals surface area contributed by atoms with Crippen LogP contribution in [-0.2, 0) is 5.41 Å². The molecular weight excluding hydrogens is 835 g/mol. The summed E-state index contributed by atoms with van der Waals surface area (Å²) in [5, 5.41) is 2.14. The largest absolute Gasteiger partial charge is 0.456 e. The predicted octanol–water partition coefficient (Wildman–Crippen LogP) is 18.1. The van der Waals surface area contributed by atoms with Gasteiger partial charge in [0.05, 0.1) is 16.5 Å². The molecule has 12 aromatic rings. The Morgan fingerprint density at radius 3 is 1.46 bits per heavy atom. The van der Waals surface area contributed by atoms with E-state index in [1.54, 1.807) is 0 Å². The summed E-state index contributed by atoms with van der Waals surface area (Å²) >= 11 is 0. The van der Waals surface area contributed by atoms with Crippen LogP contribution in [0, 0.1) is 0 Å². The maximum absolute atomic E-state index is 6.81. The highest BCUT2D eigenvalue weighted by molar-refractivity contribution is 6.15. The molecule has 2 nitrogen and oxygen atoms in total. The van der Waals surface area contributed by atoms with Crippen molar-refractivity contribution in [2.75, 3.05) is 4.90 Å². The van der Waals surface area contributed by atoms with E-state index in [0.29, 0.717) is 0 Å². The summed E-state index contributed by atoms with van der Waals surface area (Å²) in [6.07, 6.45) is 0. The van der Waals surface area contributed by atoms with Crippen molar-refractivity contribution in [3.05, 3.63) is 283 Å². The van der Waals surface area contributed by atoms with Crippen LogP contribution in [0.2, 0.25) is 0 Å². The molecule has 322 valence electrons. The van der Waals surface area contributed by atoms with E-state index < -0.39 is 5.41 Å². The van der Waals surface area contributed by atoms with Gasteiger partial charge in [-0.05, 0) is 138 Å². The summed E-state index contributed by atoms with van der Waals surface area (Å²) in [5.41, 5.74) is 24.2. The zero-order chi connectivity index (χ0) is 45.5. The molecule has 2 aliphatic rings. The van der Waals surface area contributed by atoms with Crippen molar-refractivity contribution in [2.45, 2.75) is 5.41 Å². The summed E-state index contributed by atoms with van der Waals surface area (Å²) in [6.45, 7) is 0. The molecule has 0 unspecified atom stereocenters. The van der Waals surface area contributed by atoms with Gasteiger partial charge in [0.2, 0.25) is 0 Å². The van der Waals surface area contributed by atoms with Crippen LogP contribution in [0.1, 0.15) is 22.3 Å². The Labute approximate surface area is 401 Å². The van der Waals surface area contributed by atoms with Crippen LogP contribution in [0.15, 0.2) is 265 Å². The highest BCUT2D eigenvalue weighted by Crippen LogP contribution is 2.63. The van der Waals surface area contributed by atoms with Crippen molar-refractivity contribution in [3.63, 3.8) is 0 Å². The number of nitrogens with zero attached hydrogens (tertiary/aromatic N) is 1. The van der Waals surface area contributed by atoms with Gasteiger partial charge in [0.1, 0.15) is 11.2 Å². The fourth-order valence-corrected chi connectivity index (χ4v) is 11.8. The second-order valence-electron chi connectivity index (χ2n) is 18.3. The van der Waals surface area contributed by atoms with Gasteiger partial charge in [-0.15, -0.1) is 0 Å². The van der Waals surface area contributed by atoms with Gasteiger partial charge in [0.15, 0.2) is 0 Å². The Kier molecular flexibility index (Phi) is 8.84. The molecule has 0 saturated carbocycles. The lowest BCUT2D eigenvalue weighted by Gasteiger charge is -2.35. The van der Waals surface area contributed by atoms with Crippen molar-refractivity contribution in [1.82, 2.24) is 0 Å². The minimum Gasteiger partial charge on any atom is -0.456 e. The number of furan rings is 1. The maximum atomic E-state index is 6.81. The van der Waals surface area contributed by atoms with E-state index in [2.05, 4.69) is 266 Å². The van der Waals surface area contributed by atoms with Crippen molar-refractivity contribution in [2.24, 2.45) is 0 Å². The minimum absolute atomic E-state index is 0.557. The lowest BCUT2D eigenvalue weighted by Crippen LogP contribution is -2.29. The first-order valence-electron chi connectivity index (χ1n) is 23.8. The first kappa shape index (κ1) is 39.2. The molecule has 1 aromatic heterocycles. The van der Waals surface area contributed by atoms with E-state index >= 15 is 0 Å². The first-order chi connectivity index (χ1) is 34.2. The van der Waals surface area contributed by atoms with Gasteiger partial charge < -0.3 is 9.32 Å². The SMILES string of the molecule is c1ccc(-c2ccc(N(c3cccc(-c4ccccc4)c3)c3cccc4oc5ccc(-c6cccc7c6-c6ccccc6C76c7ccccc7-c7ccccc7-c7ccccc76)cc5c34)cc2)cc1. The lowest BCUT2D eigenvalue weighted by molar-refractivity contribution is 0.669. The molecule has 14 rings (SSSR count). The molecule has 2 heteroatoms. The van der Waals surface area contributed by atoms with E-state index in [1.807, 2.05) is 0 Å². The fraction of sp³-hybridized carbons (Fsp3) is 0.0149. The van der Waals surface area contributed by atoms with Gasteiger partial charge in [-0.1, -0.05) is 212 Å². The number of rotatable bonds is 6. The molecule has 1 spiro atoms. The maximum Gasteiger partial charge on any atom is 0.137 e. The van der Waals surface area contributed by atoms with Crippen LogP contribution >= 0.6 is 0 Å².